The number of ether oxygens (including phenoxy) is 3. The summed E-state index contributed by atoms with van der Waals surface area (Å²) in [7, 11) is 1.65. The maximum Gasteiger partial charge on any atom is 0.203 e. The summed E-state index contributed by atoms with van der Waals surface area (Å²) in [6.07, 6.45) is 0. The summed E-state index contributed by atoms with van der Waals surface area (Å²) in [4.78, 5) is 4.57. The van der Waals surface area contributed by atoms with Gasteiger partial charge in [-0.3, -0.25) is 9.80 Å². The van der Waals surface area contributed by atoms with Crippen LogP contribution in [0.3, 0.4) is 0 Å². The van der Waals surface area contributed by atoms with Gasteiger partial charge in [0.2, 0.25) is 5.75 Å². The molecule has 0 aromatic heterocycles. The molecule has 0 radical (unpaired) electrons. The van der Waals surface area contributed by atoms with Gasteiger partial charge in [-0.2, -0.15) is 5.26 Å². The highest BCUT2D eigenvalue weighted by molar-refractivity contribution is 5.54. The molecule has 0 saturated carbocycles. The second-order valence-electron chi connectivity index (χ2n) is 5.53. The van der Waals surface area contributed by atoms with Crippen LogP contribution in [0.5, 0.6) is 17.2 Å². The molecule has 6 heteroatoms. The summed E-state index contributed by atoms with van der Waals surface area (Å²) in [6.45, 7) is 6.33. The number of methoxy groups -OCH3 is 1. The molecule has 0 bridgehead atoms. The summed E-state index contributed by atoms with van der Waals surface area (Å²) in [5, 5.41) is 8.74. The van der Waals surface area contributed by atoms with Gasteiger partial charge in [0.15, 0.2) is 11.5 Å². The Morgan fingerprint density at radius 1 is 1.14 bits per heavy atom. The number of benzene rings is 1. The molecular formula is C16H21N3O3. The van der Waals surface area contributed by atoms with Crippen LogP contribution in [0, 0.1) is 11.3 Å². The third-order valence-electron chi connectivity index (χ3n) is 4.05. The summed E-state index contributed by atoms with van der Waals surface area (Å²) in [5.41, 5.74) is 1.16. The van der Waals surface area contributed by atoms with Gasteiger partial charge >= 0.3 is 0 Å². The highest BCUT2D eigenvalue weighted by Crippen LogP contribution is 2.40. The summed E-state index contributed by atoms with van der Waals surface area (Å²) in [5.74, 6) is 2.20. The van der Waals surface area contributed by atoms with Crippen molar-refractivity contribution >= 4 is 0 Å². The predicted octanol–water partition coefficient (Wildman–Crippen LogP) is 1.11. The van der Waals surface area contributed by atoms with Gasteiger partial charge in [0, 0.05) is 32.7 Å². The number of nitrogens with zero attached hydrogens (tertiary/aromatic N) is 3. The molecule has 3 rings (SSSR count). The summed E-state index contributed by atoms with van der Waals surface area (Å²) in [6, 6.07) is 6.27. The van der Waals surface area contributed by atoms with Crippen molar-refractivity contribution in [1.29, 1.82) is 5.26 Å². The lowest BCUT2D eigenvalue weighted by Crippen LogP contribution is -2.45. The van der Waals surface area contributed by atoms with Gasteiger partial charge in [0.05, 0.1) is 19.7 Å². The van der Waals surface area contributed by atoms with Gasteiger partial charge < -0.3 is 14.2 Å². The van der Waals surface area contributed by atoms with E-state index in [0.717, 1.165) is 49.8 Å². The molecule has 0 spiro atoms. The Morgan fingerprint density at radius 3 is 2.59 bits per heavy atom. The molecule has 2 aliphatic rings. The Hall–Kier alpha value is -1.97. The van der Waals surface area contributed by atoms with Gasteiger partial charge in [-0.15, -0.1) is 0 Å². The van der Waals surface area contributed by atoms with Gasteiger partial charge in [-0.1, -0.05) is 0 Å². The van der Waals surface area contributed by atoms with E-state index in [1.165, 1.54) is 0 Å². The standard InChI is InChI=1S/C16H21N3O3/c1-20-14-10-13(11-15-16(14)22-9-8-21-15)12-19-6-4-18(3-2-17)5-7-19/h10-11H,3-9,12H2,1H3. The average molecular weight is 303 g/mol. The molecule has 1 saturated heterocycles. The first-order valence-electron chi connectivity index (χ1n) is 7.58. The molecule has 0 aliphatic carbocycles. The molecule has 0 amide bonds. The van der Waals surface area contributed by atoms with Gasteiger partial charge in [-0.25, -0.2) is 0 Å². The summed E-state index contributed by atoms with van der Waals surface area (Å²) < 4.78 is 16.7. The zero-order valence-corrected chi connectivity index (χ0v) is 12.9. The number of rotatable bonds is 4. The van der Waals surface area contributed by atoms with Crippen LogP contribution in [0.25, 0.3) is 0 Å². The number of piperazine rings is 1. The van der Waals surface area contributed by atoms with Crippen LogP contribution in [0.2, 0.25) is 0 Å². The number of hydrogen-bond donors (Lipinski definition) is 0. The number of nitriles is 1. The van der Waals surface area contributed by atoms with Crippen LogP contribution in [-0.2, 0) is 6.54 Å². The van der Waals surface area contributed by atoms with Crippen LogP contribution >= 0.6 is 0 Å². The Bertz CT molecular complexity index is 545. The highest BCUT2D eigenvalue weighted by Gasteiger charge is 2.21. The second-order valence-corrected chi connectivity index (χ2v) is 5.53. The fourth-order valence-corrected chi connectivity index (χ4v) is 2.88. The van der Waals surface area contributed by atoms with Crippen molar-refractivity contribution in [3.05, 3.63) is 17.7 Å². The van der Waals surface area contributed by atoms with E-state index in [9.17, 15) is 0 Å². The van der Waals surface area contributed by atoms with Crippen molar-refractivity contribution in [1.82, 2.24) is 9.80 Å². The molecular weight excluding hydrogens is 282 g/mol. The molecule has 1 fully saturated rings. The first-order valence-corrected chi connectivity index (χ1v) is 7.58. The normalized spacial score (nSPS) is 18.7. The quantitative estimate of drug-likeness (QED) is 0.777. The van der Waals surface area contributed by atoms with E-state index in [2.05, 4.69) is 15.9 Å². The Kier molecular flexibility index (Phi) is 4.66. The third-order valence-corrected chi connectivity index (χ3v) is 4.05. The Morgan fingerprint density at radius 2 is 1.86 bits per heavy atom. The van der Waals surface area contributed by atoms with Crippen LogP contribution in [-0.4, -0.2) is 62.8 Å². The molecule has 1 aromatic carbocycles. The molecule has 6 nitrogen and oxygen atoms in total. The van der Waals surface area contributed by atoms with Crippen LogP contribution in [0.1, 0.15) is 5.56 Å². The van der Waals surface area contributed by atoms with E-state index in [1.54, 1.807) is 7.11 Å². The molecule has 1 aromatic rings. The molecule has 2 heterocycles. The molecule has 22 heavy (non-hydrogen) atoms. The monoisotopic (exact) mass is 303 g/mol. The fraction of sp³-hybridized carbons (Fsp3) is 0.562. The van der Waals surface area contributed by atoms with Crippen LogP contribution in [0.15, 0.2) is 12.1 Å². The molecule has 2 aliphatic heterocycles. The molecule has 0 N–H and O–H groups in total. The van der Waals surface area contributed by atoms with Crippen molar-refractivity contribution in [3.8, 4) is 23.3 Å². The van der Waals surface area contributed by atoms with Gasteiger partial charge in [0.1, 0.15) is 13.2 Å². The zero-order chi connectivity index (χ0) is 15.4. The first-order chi connectivity index (χ1) is 10.8. The molecule has 118 valence electrons. The molecule has 0 atom stereocenters. The van der Waals surface area contributed by atoms with E-state index >= 15 is 0 Å². The van der Waals surface area contributed by atoms with Gasteiger partial charge in [-0.05, 0) is 17.7 Å². The van der Waals surface area contributed by atoms with E-state index in [-0.39, 0.29) is 0 Å². The Balaban J connectivity index is 1.67. The van der Waals surface area contributed by atoms with E-state index in [4.69, 9.17) is 19.5 Å². The number of fused-ring (bicyclic) bond motifs is 1. The minimum atomic E-state index is 0.520. The maximum atomic E-state index is 8.74. The molecule has 0 unspecified atom stereocenters. The van der Waals surface area contributed by atoms with Crippen LogP contribution < -0.4 is 14.2 Å². The smallest absolute Gasteiger partial charge is 0.203 e. The predicted molar refractivity (Wildman–Crippen MR) is 81.3 cm³/mol. The van der Waals surface area contributed by atoms with E-state index in [1.807, 2.05) is 12.1 Å². The largest absolute Gasteiger partial charge is 0.493 e. The zero-order valence-electron chi connectivity index (χ0n) is 12.9. The lowest BCUT2D eigenvalue weighted by molar-refractivity contribution is 0.137. The van der Waals surface area contributed by atoms with Crippen molar-refractivity contribution in [3.63, 3.8) is 0 Å². The fourth-order valence-electron chi connectivity index (χ4n) is 2.88. The third kappa shape index (κ3) is 3.26. The minimum absolute atomic E-state index is 0.520. The SMILES string of the molecule is COc1cc(CN2CCN(CC#N)CC2)cc2c1OCCO2. The first kappa shape index (κ1) is 14.9. The second kappa shape index (κ2) is 6.86. The maximum absolute atomic E-state index is 8.74. The lowest BCUT2D eigenvalue weighted by Gasteiger charge is -2.33. The van der Waals surface area contributed by atoms with E-state index in [0.29, 0.717) is 25.5 Å². The van der Waals surface area contributed by atoms with Gasteiger partial charge in [0.25, 0.3) is 0 Å². The summed E-state index contributed by atoms with van der Waals surface area (Å²) >= 11 is 0. The van der Waals surface area contributed by atoms with E-state index < -0.39 is 0 Å². The highest BCUT2D eigenvalue weighted by atomic mass is 16.6. The average Bonchev–Trinajstić information content (AvgIpc) is 2.56. The van der Waals surface area contributed by atoms with Crippen molar-refractivity contribution < 1.29 is 14.2 Å². The minimum Gasteiger partial charge on any atom is -0.493 e. The Labute approximate surface area is 130 Å². The van der Waals surface area contributed by atoms with Crippen LogP contribution in [0.4, 0.5) is 0 Å². The van der Waals surface area contributed by atoms with Crippen molar-refractivity contribution in [2.24, 2.45) is 0 Å². The number of hydrogen-bond acceptors (Lipinski definition) is 6. The van der Waals surface area contributed by atoms with Crippen molar-refractivity contribution in [2.45, 2.75) is 6.54 Å². The topological polar surface area (TPSA) is 58.0 Å². The van der Waals surface area contributed by atoms with Crippen molar-refractivity contribution in [2.75, 3.05) is 53.0 Å². The lowest BCUT2D eigenvalue weighted by atomic mass is 10.1.